The van der Waals surface area contributed by atoms with Gasteiger partial charge in [-0.25, -0.2) is 14.4 Å². The molecule has 0 fully saturated rings. The van der Waals surface area contributed by atoms with Crippen LogP contribution in [0.25, 0.3) is 0 Å². The molecule has 1 heterocycles. The number of nitrogens with two attached hydrogens (primary N) is 1. The van der Waals surface area contributed by atoms with E-state index in [-0.39, 0.29) is 22.5 Å². The first-order valence-electron chi connectivity index (χ1n) is 5.53. The Bertz CT molecular complexity index is 616. The number of rotatable bonds is 4. The van der Waals surface area contributed by atoms with E-state index < -0.39 is 5.82 Å². The maximum absolute atomic E-state index is 13.3. The Kier molecular flexibility index (Phi) is 4.59. The zero-order chi connectivity index (χ0) is 14.7. The summed E-state index contributed by atoms with van der Waals surface area (Å²) >= 11 is 11.4. The number of benzene rings is 1. The van der Waals surface area contributed by atoms with E-state index in [2.05, 4.69) is 15.3 Å². The van der Waals surface area contributed by atoms with Gasteiger partial charge in [-0.2, -0.15) is 0 Å². The summed E-state index contributed by atoms with van der Waals surface area (Å²) in [6.45, 7) is 0.227. The first kappa shape index (κ1) is 14.8. The molecule has 3 N–H and O–H groups in total. The van der Waals surface area contributed by atoms with Gasteiger partial charge in [-0.3, -0.25) is 0 Å². The lowest BCUT2D eigenvalue weighted by Gasteiger charge is -2.09. The van der Waals surface area contributed by atoms with E-state index >= 15 is 0 Å². The molecule has 0 saturated heterocycles. The average molecular weight is 317 g/mol. The second kappa shape index (κ2) is 6.21. The maximum atomic E-state index is 13.3. The highest BCUT2D eigenvalue weighted by atomic mass is 35.5. The summed E-state index contributed by atoms with van der Waals surface area (Å²) in [6, 6.07) is 4.33. The lowest BCUT2D eigenvalue weighted by Crippen LogP contribution is -2.04. The highest BCUT2D eigenvalue weighted by Crippen LogP contribution is 2.28. The molecular formula is C12H11Cl2FN4O. The van der Waals surface area contributed by atoms with E-state index in [1.165, 1.54) is 25.3 Å². The van der Waals surface area contributed by atoms with E-state index in [4.69, 9.17) is 33.7 Å². The Morgan fingerprint density at radius 3 is 2.50 bits per heavy atom. The summed E-state index contributed by atoms with van der Waals surface area (Å²) in [6.07, 6.45) is 0. The molecule has 1 aromatic carbocycles. The molecule has 0 saturated carbocycles. The van der Waals surface area contributed by atoms with Crippen LogP contribution in [0.15, 0.2) is 18.2 Å². The third-order valence-corrected chi connectivity index (χ3v) is 2.87. The molecule has 8 heteroatoms. The van der Waals surface area contributed by atoms with Gasteiger partial charge < -0.3 is 15.8 Å². The number of aromatic nitrogens is 2. The van der Waals surface area contributed by atoms with Crippen molar-refractivity contribution in [3.05, 3.63) is 39.9 Å². The third kappa shape index (κ3) is 3.47. The van der Waals surface area contributed by atoms with E-state index in [1.54, 1.807) is 0 Å². The van der Waals surface area contributed by atoms with Crippen molar-refractivity contribution >= 4 is 40.5 Å². The molecule has 0 atom stereocenters. The van der Waals surface area contributed by atoms with Crippen LogP contribution in [0.2, 0.25) is 10.0 Å². The van der Waals surface area contributed by atoms with Crippen molar-refractivity contribution in [3.63, 3.8) is 0 Å². The van der Waals surface area contributed by atoms with Crippen molar-refractivity contribution in [2.75, 3.05) is 18.2 Å². The Labute approximate surface area is 124 Å². The predicted molar refractivity (Wildman–Crippen MR) is 76.9 cm³/mol. The number of ether oxygens (including phenoxy) is 1. The van der Waals surface area contributed by atoms with Crippen LogP contribution in [-0.4, -0.2) is 17.1 Å². The van der Waals surface area contributed by atoms with E-state index in [0.717, 1.165) is 0 Å². The largest absolute Gasteiger partial charge is 0.384 e. The molecule has 0 aliphatic heterocycles. The van der Waals surface area contributed by atoms with Crippen LogP contribution >= 0.6 is 23.2 Å². The fourth-order valence-electron chi connectivity index (χ4n) is 1.55. The summed E-state index contributed by atoms with van der Waals surface area (Å²) in [5, 5.41) is 2.76. The number of methoxy groups -OCH3 is 1. The van der Waals surface area contributed by atoms with Gasteiger partial charge in [0, 0.05) is 18.9 Å². The van der Waals surface area contributed by atoms with Crippen LogP contribution in [0.1, 0.15) is 5.82 Å². The Hall–Kier alpha value is -1.63. The molecule has 20 heavy (non-hydrogen) atoms. The summed E-state index contributed by atoms with van der Waals surface area (Å²) in [5.41, 5.74) is 6.16. The molecule has 106 valence electrons. The monoisotopic (exact) mass is 316 g/mol. The van der Waals surface area contributed by atoms with Gasteiger partial charge in [0.05, 0.1) is 10.0 Å². The molecule has 2 rings (SSSR count). The van der Waals surface area contributed by atoms with Crippen LogP contribution in [0, 0.1) is 5.82 Å². The van der Waals surface area contributed by atoms with E-state index in [0.29, 0.717) is 17.3 Å². The second-order valence-corrected chi connectivity index (χ2v) is 4.72. The number of hydrogen-bond donors (Lipinski definition) is 2. The van der Waals surface area contributed by atoms with E-state index in [1.807, 2.05) is 0 Å². The molecule has 5 nitrogen and oxygen atoms in total. The fraction of sp³-hybridized carbons (Fsp3) is 0.167. The Morgan fingerprint density at radius 1 is 1.25 bits per heavy atom. The van der Waals surface area contributed by atoms with Crippen molar-refractivity contribution in [2.45, 2.75) is 6.61 Å². The van der Waals surface area contributed by atoms with Crippen LogP contribution in [0.3, 0.4) is 0 Å². The molecular weight excluding hydrogens is 306 g/mol. The molecule has 0 amide bonds. The first-order valence-corrected chi connectivity index (χ1v) is 6.29. The van der Waals surface area contributed by atoms with Crippen molar-refractivity contribution in [2.24, 2.45) is 0 Å². The summed E-state index contributed by atoms with van der Waals surface area (Å²) in [5.74, 6) is 0.479. The van der Waals surface area contributed by atoms with Crippen molar-refractivity contribution in [3.8, 4) is 0 Å². The zero-order valence-electron chi connectivity index (χ0n) is 10.5. The molecule has 1 aromatic heterocycles. The lowest BCUT2D eigenvalue weighted by molar-refractivity contribution is 0.178. The fourth-order valence-corrected chi connectivity index (χ4v) is 2.04. The molecule has 0 unspecified atom stereocenters. The van der Waals surface area contributed by atoms with Gasteiger partial charge in [-0.05, 0) is 12.1 Å². The van der Waals surface area contributed by atoms with Crippen molar-refractivity contribution in [1.29, 1.82) is 0 Å². The second-order valence-electron chi connectivity index (χ2n) is 3.91. The molecule has 0 aliphatic rings. The average Bonchev–Trinajstić information content (AvgIpc) is 2.35. The van der Waals surface area contributed by atoms with Crippen LogP contribution in [0.5, 0.6) is 0 Å². The highest BCUT2D eigenvalue weighted by molar-refractivity contribution is 6.35. The molecule has 0 bridgehead atoms. The number of nitrogen functional groups attached to an aromatic ring is 1. The summed E-state index contributed by atoms with van der Waals surface area (Å²) in [4.78, 5) is 8.20. The molecule has 2 aromatic rings. The highest BCUT2D eigenvalue weighted by Gasteiger charge is 2.09. The SMILES string of the molecule is COCc1nc(N)cc(Nc2cc(Cl)c(F)c(Cl)c2)n1. The molecule has 0 radical (unpaired) electrons. The number of nitrogens with zero attached hydrogens (tertiary/aromatic N) is 2. The number of anilines is 3. The minimum Gasteiger partial charge on any atom is -0.384 e. The Morgan fingerprint density at radius 2 is 1.90 bits per heavy atom. The van der Waals surface area contributed by atoms with Gasteiger partial charge in [0.1, 0.15) is 18.2 Å². The normalized spacial score (nSPS) is 10.6. The van der Waals surface area contributed by atoms with E-state index in [9.17, 15) is 4.39 Å². The minimum absolute atomic E-state index is 0.0841. The van der Waals surface area contributed by atoms with Gasteiger partial charge >= 0.3 is 0 Å². The van der Waals surface area contributed by atoms with Crippen molar-refractivity contribution < 1.29 is 9.13 Å². The van der Waals surface area contributed by atoms with Gasteiger partial charge in [0.2, 0.25) is 0 Å². The van der Waals surface area contributed by atoms with Crippen LogP contribution in [-0.2, 0) is 11.3 Å². The van der Waals surface area contributed by atoms with Crippen LogP contribution < -0.4 is 11.1 Å². The lowest BCUT2D eigenvalue weighted by atomic mass is 10.3. The van der Waals surface area contributed by atoms with Crippen molar-refractivity contribution in [1.82, 2.24) is 9.97 Å². The quantitative estimate of drug-likeness (QED) is 0.846. The Balaban J connectivity index is 2.30. The maximum Gasteiger partial charge on any atom is 0.160 e. The van der Waals surface area contributed by atoms with Crippen LogP contribution in [0.4, 0.5) is 21.7 Å². The topological polar surface area (TPSA) is 73.1 Å². The minimum atomic E-state index is -0.666. The standard InChI is InChI=1S/C12H11Cl2FN4O/c1-20-5-11-18-9(16)4-10(19-11)17-6-2-7(13)12(15)8(14)3-6/h2-4H,5H2,1H3,(H3,16,17,18,19). The molecule has 0 spiro atoms. The number of hydrogen-bond acceptors (Lipinski definition) is 5. The van der Waals surface area contributed by atoms with Gasteiger partial charge in [0.25, 0.3) is 0 Å². The van der Waals surface area contributed by atoms with Gasteiger partial charge in [-0.1, -0.05) is 23.2 Å². The summed E-state index contributed by atoms with van der Waals surface area (Å²) < 4.78 is 18.3. The molecule has 0 aliphatic carbocycles. The number of halogens is 3. The smallest absolute Gasteiger partial charge is 0.160 e. The summed E-state index contributed by atoms with van der Waals surface area (Å²) in [7, 11) is 1.53. The third-order valence-electron chi connectivity index (χ3n) is 2.32. The predicted octanol–water partition coefficient (Wildman–Crippen LogP) is 3.39. The zero-order valence-corrected chi connectivity index (χ0v) is 12.0. The van der Waals surface area contributed by atoms with Gasteiger partial charge in [0.15, 0.2) is 11.6 Å². The number of nitrogens with one attached hydrogen (secondary N) is 1. The van der Waals surface area contributed by atoms with Gasteiger partial charge in [-0.15, -0.1) is 0 Å². The first-order chi connectivity index (χ1) is 9.49.